The summed E-state index contributed by atoms with van der Waals surface area (Å²) in [6, 6.07) is 7.90. The number of aliphatic hydroxyl groups excluding tert-OH is 3. The molecular weight excluding hydrogens is 228 g/mol. The van der Waals surface area contributed by atoms with Crippen molar-refractivity contribution < 1.29 is 15.3 Å². The predicted molar refractivity (Wildman–Crippen MR) is 70.3 cm³/mol. The summed E-state index contributed by atoms with van der Waals surface area (Å²) in [5.74, 6) is 0. The minimum atomic E-state index is -1.11. The van der Waals surface area contributed by atoms with Crippen molar-refractivity contribution in [1.82, 2.24) is 0 Å². The van der Waals surface area contributed by atoms with Crippen molar-refractivity contribution in [1.29, 1.82) is 0 Å². The molecule has 3 nitrogen and oxygen atoms in total. The average molecular weight is 250 g/mol. The molecule has 0 bridgehead atoms. The van der Waals surface area contributed by atoms with Crippen LogP contribution < -0.4 is 0 Å². The SMILES string of the molecule is Cc1ccc([C@]2(C)[C@@H](O)[C@@H](O)[C@H](O)C2(C)C)cc1. The second kappa shape index (κ2) is 4.05. The third-order valence-electron chi connectivity index (χ3n) is 4.97. The molecule has 1 aromatic rings. The van der Waals surface area contributed by atoms with Crippen LogP contribution in [-0.2, 0) is 5.41 Å². The maximum atomic E-state index is 10.3. The van der Waals surface area contributed by atoms with Crippen LogP contribution in [0.2, 0.25) is 0 Å². The minimum absolute atomic E-state index is 0.596. The largest absolute Gasteiger partial charge is 0.390 e. The molecule has 1 aromatic carbocycles. The van der Waals surface area contributed by atoms with Crippen molar-refractivity contribution in [3.8, 4) is 0 Å². The molecule has 0 heterocycles. The topological polar surface area (TPSA) is 60.7 Å². The van der Waals surface area contributed by atoms with Crippen molar-refractivity contribution in [3.63, 3.8) is 0 Å². The lowest BCUT2D eigenvalue weighted by molar-refractivity contribution is -0.0377. The van der Waals surface area contributed by atoms with E-state index in [9.17, 15) is 15.3 Å². The van der Waals surface area contributed by atoms with Crippen molar-refractivity contribution in [2.75, 3.05) is 0 Å². The van der Waals surface area contributed by atoms with Gasteiger partial charge in [0, 0.05) is 10.8 Å². The van der Waals surface area contributed by atoms with Gasteiger partial charge in [-0.1, -0.05) is 50.6 Å². The molecule has 2 rings (SSSR count). The number of hydrogen-bond acceptors (Lipinski definition) is 3. The predicted octanol–water partition coefficient (Wildman–Crippen LogP) is 1.38. The van der Waals surface area contributed by atoms with Crippen LogP contribution in [-0.4, -0.2) is 33.6 Å². The zero-order valence-corrected chi connectivity index (χ0v) is 11.4. The highest BCUT2D eigenvalue weighted by molar-refractivity contribution is 5.35. The first-order chi connectivity index (χ1) is 8.23. The van der Waals surface area contributed by atoms with Crippen LogP contribution in [0, 0.1) is 12.3 Å². The number of aliphatic hydroxyl groups is 3. The van der Waals surface area contributed by atoms with E-state index in [2.05, 4.69) is 0 Å². The van der Waals surface area contributed by atoms with Gasteiger partial charge in [0.2, 0.25) is 0 Å². The highest BCUT2D eigenvalue weighted by atomic mass is 16.4. The standard InChI is InChI=1S/C15H22O3/c1-9-5-7-10(8-6-9)15(4)13(18)11(16)12(17)14(15,2)3/h5-8,11-13,16-18H,1-4H3/t11-,12-,13-,15+/m0/s1. The number of hydrogen-bond donors (Lipinski definition) is 3. The van der Waals surface area contributed by atoms with E-state index in [1.165, 1.54) is 0 Å². The highest BCUT2D eigenvalue weighted by Crippen LogP contribution is 2.53. The smallest absolute Gasteiger partial charge is 0.107 e. The Kier molecular flexibility index (Phi) is 3.05. The number of benzene rings is 1. The zero-order valence-electron chi connectivity index (χ0n) is 11.4. The van der Waals surface area contributed by atoms with Gasteiger partial charge in [-0.3, -0.25) is 0 Å². The van der Waals surface area contributed by atoms with Gasteiger partial charge in [-0.05, 0) is 12.5 Å². The van der Waals surface area contributed by atoms with Gasteiger partial charge in [0.25, 0.3) is 0 Å². The van der Waals surface area contributed by atoms with Gasteiger partial charge in [-0.25, -0.2) is 0 Å². The highest BCUT2D eigenvalue weighted by Gasteiger charge is 2.62. The molecule has 0 saturated heterocycles. The quantitative estimate of drug-likeness (QED) is 0.705. The summed E-state index contributed by atoms with van der Waals surface area (Å²) in [7, 11) is 0. The van der Waals surface area contributed by atoms with Crippen molar-refractivity contribution in [3.05, 3.63) is 35.4 Å². The molecule has 0 amide bonds. The molecule has 0 unspecified atom stereocenters. The summed E-state index contributed by atoms with van der Waals surface area (Å²) in [4.78, 5) is 0. The fourth-order valence-electron chi connectivity index (χ4n) is 3.07. The first-order valence-corrected chi connectivity index (χ1v) is 6.34. The lowest BCUT2D eigenvalue weighted by Gasteiger charge is -2.41. The lowest BCUT2D eigenvalue weighted by Crippen LogP contribution is -2.45. The van der Waals surface area contributed by atoms with E-state index in [-0.39, 0.29) is 0 Å². The second-order valence-electron chi connectivity index (χ2n) is 6.17. The Balaban J connectivity index is 2.55. The maximum Gasteiger partial charge on any atom is 0.107 e. The van der Waals surface area contributed by atoms with E-state index in [4.69, 9.17) is 0 Å². The zero-order chi connectivity index (χ0) is 13.7. The van der Waals surface area contributed by atoms with Gasteiger partial charge in [-0.15, -0.1) is 0 Å². The number of rotatable bonds is 1. The third-order valence-corrected chi connectivity index (χ3v) is 4.97. The Labute approximate surface area is 108 Å². The van der Waals surface area contributed by atoms with E-state index in [0.29, 0.717) is 0 Å². The molecule has 3 N–H and O–H groups in total. The van der Waals surface area contributed by atoms with Gasteiger partial charge < -0.3 is 15.3 Å². The van der Waals surface area contributed by atoms with E-state index in [1.54, 1.807) is 0 Å². The summed E-state index contributed by atoms with van der Waals surface area (Å²) in [5, 5.41) is 30.4. The van der Waals surface area contributed by atoms with Gasteiger partial charge in [0.1, 0.15) is 6.10 Å². The first-order valence-electron chi connectivity index (χ1n) is 6.34. The third kappa shape index (κ3) is 1.54. The van der Waals surface area contributed by atoms with Crippen molar-refractivity contribution in [2.45, 2.75) is 51.4 Å². The van der Waals surface area contributed by atoms with Gasteiger partial charge >= 0.3 is 0 Å². The Morgan fingerprint density at radius 3 is 1.78 bits per heavy atom. The molecule has 1 fully saturated rings. The van der Waals surface area contributed by atoms with Gasteiger partial charge in [0.05, 0.1) is 12.2 Å². The average Bonchev–Trinajstić information content (AvgIpc) is 2.45. The van der Waals surface area contributed by atoms with Crippen molar-refractivity contribution in [2.24, 2.45) is 5.41 Å². The molecule has 100 valence electrons. The van der Waals surface area contributed by atoms with Crippen LogP contribution in [0.1, 0.15) is 31.9 Å². The normalized spacial score (nSPS) is 38.9. The summed E-state index contributed by atoms with van der Waals surface area (Å²) in [5.41, 5.74) is 0.829. The Morgan fingerprint density at radius 1 is 0.889 bits per heavy atom. The molecule has 4 atom stereocenters. The molecule has 0 radical (unpaired) electrons. The van der Waals surface area contributed by atoms with E-state index >= 15 is 0 Å². The van der Waals surface area contributed by atoms with Gasteiger partial charge in [0.15, 0.2) is 0 Å². The molecule has 1 aliphatic rings. The lowest BCUT2D eigenvalue weighted by atomic mass is 9.63. The molecule has 0 aliphatic heterocycles. The Hall–Kier alpha value is -0.900. The van der Waals surface area contributed by atoms with Crippen LogP contribution >= 0.6 is 0 Å². The monoisotopic (exact) mass is 250 g/mol. The van der Waals surface area contributed by atoms with Crippen LogP contribution in [0.3, 0.4) is 0 Å². The fourth-order valence-corrected chi connectivity index (χ4v) is 3.07. The molecular formula is C15H22O3. The van der Waals surface area contributed by atoms with Crippen LogP contribution in [0.5, 0.6) is 0 Å². The van der Waals surface area contributed by atoms with Gasteiger partial charge in [-0.2, -0.15) is 0 Å². The Morgan fingerprint density at radius 2 is 1.39 bits per heavy atom. The second-order valence-corrected chi connectivity index (χ2v) is 6.17. The molecule has 18 heavy (non-hydrogen) atoms. The summed E-state index contributed by atoms with van der Waals surface area (Å²) in [6.45, 7) is 7.68. The van der Waals surface area contributed by atoms with E-state index in [1.807, 2.05) is 52.0 Å². The first kappa shape index (κ1) is 13.5. The minimum Gasteiger partial charge on any atom is -0.390 e. The molecule has 0 spiro atoms. The molecule has 0 aromatic heterocycles. The number of aryl methyl sites for hydroxylation is 1. The summed E-state index contributed by atoms with van der Waals surface area (Å²) in [6.07, 6.45) is -3.00. The van der Waals surface area contributed by atoms with Crippen LogP contribution in [0.25, 0.3) is 0 Å². The van der Waals surface area contributed by atoms with E-state index in [0.717, 1.165) is 11.1 Å². The Bertz CT molecular complexity index is 438. The van der Waals surface area contributed by atoms with Crippen LogP contribution in [0.4, 0.5) is 0 Å². The molecule has 3 heteroatoms. The molecule has 1 saturated carbocycles. The fraction of sp³-hybridized carbons (Fsp3) is 0.600. The van der Waals surface area contributed by atoms with Crippen LogP contribution in [0.15, 0.2) is 24.3 Å². The summed E-state index contributed by atoms with van der Waals surface area (Å²) < 4.78 is 0. The maximum absolute atomic E-state index is 10.3. The van der Waals surface area contributed by atoms with E-state index < -0.39 is 29.1 Å². The molecule has 1 aliphatic carbocycles. The van der Waals surface area contributed by atoms with Crippen molar-refractivity contribution >= 4 is 0 Å². The summed E-state index contributed by atoms with van der Waals surface area (Å²) >= 11 is 0.